The SMILES string of the molecule is C[N-]C(C)C.[Rf]. The van der Waals surface area contributed by atoms with Gasteiger partial charge in [0.25, 0.3) is 0 Å². The molecule has 0 aromatic heterocycles. The van der Waals surface area contributed by atoms with Gasteiger partial charge in [0.05, 0.1) is 0 Å². The standard InChI is InChI=1S/C4H10N.Rf/c1-4(2)5-3;/h4H,1-3H3;/q-1;. The molecule has 0 spiro atoms. The van der Waals surface area contributed by atoms with E-state index < -0.39 is 0 Å². The Hall–Kier alpha value is -1.04. The van der Waals surface area contributed by atoms with Crippen molar-refractivity contribution < 1.29 is 0 Å². The minimum atomic E-state index is 0. The zero-order chi connectivity index (χ0) is 4.28. The van der Waals surface area contributed by atoms with Gasteiger partial charge in [0, 0.05) is 0 Å². The molecule has 0 rings (SSSR count). The van der Waals surface area contributed by atoms with Crippen molar-refractivity contribution in [1.29, 1.82) is 0 Å². The van der Waals surface area contributed by atoms with Crippen LogP contribution in [0, 0.1) is 0 Å². The van der Waals surface area contributed by atoms with E-state index in [-0.39, 0.29) is 0 Å². The Morgan fingerprint density at radius 2 is 1.50 bits per heavy atom. The van der Waals surface area contributed by atoms with E-state index in [2.05, 4.69) is 19.2 Å². The molecule has 0 saturated carbocycles. The molecular formula is C4H10NRf-. The van der Waals surface area contributed by atoms with Crippen molar-refractivity contribution in [2.75, 3.05) is 7.05 Å². The summed E-state index contributed by atoms with van der Waals surface area (Å²) in [6.07, 6.45) is 0. The van der Waals surface area contributed by atoms with Crippen LogP contribution in [0.2, 0.25) is 0 Å². The fourth-order valence-electron chi connectivity index (χ4n) is 0. The average molecular weight is 339 g/mol. The summed E-state index contributed by atoms with van der Waals surface area (Å²) < 4.78 is 0. The zero-order valence-electron chi connectivity index (χ0n) is 4.73. The van der Waals surface area contributed by atoms with Crippen LogP contribution in [0.4, 0.5) is 0 Å². The second-order valence-electron chi connectivity index (χ2n) is 1.35. The molecule has 0 N–H and O–H groups in total. The Kier molecular flexibility index (Phi) is 5.86. The van der Waals surface area contributed by atoms with Crippen molar-refractivity contribution in [3.63, 3.8) is 0 Å². The molecule has 0 bridgehead atoms. The van der Waals surface area contributed by atoms with Crippen LogP contribution in [0.1, 0.15) is 13.8 Å². The molecule has 0 atom stereocenters. The van der Waals surface area contributed by atoms with Gasteiger partial charge in [0.1, 0.15) is 0 Å². The minimum Gasteiger partial charge on any atom is -0.663 e. The summed E-state index contributed by atoms with van der Waals surface area (Å²) in [5, 5.41) is 3.89. The van der Waals surface area contributed by atoms with E-state index in [1.807, 2.05) is 7.05 Å². The number of hydrogen-bond acceptors (Lipinski definition) is 0. The maximum absolute atomic E-state index is 3.89. The van der Waals surface area contributed by atoms with Crippen LogP contribution in [0.15, 0.2) is 0 Å². The molecule has 2 heteroatoms. The van der Waals surface area contributed by atoms with Crippen LogP contribution in [-0.4, -0.2) is 13.1 Å². The number of nitrogens with zero attached hydrogens (tertiary/aromatic N) is 1. The Labute approximate surface area is 33.4 Å². The van der Waals surface area contributed by atoms with Gasteiger partial charge in [-0.15, -0.1) is 6.04 Å². The molecule has 0 aromatic rings. The molecule has 34 valence electrons. The van der Waals surface area contributed by atoms with Crippen LogP contribution in [0.25, 0.3) is 5.32 Å². The molecule has 0 fully saturated rings. The normalized spacial score (nSPS) is 8.00. The first kappa shape index (κ1) is 8.88. The maximum Gasteiger partial charge on any atom is 0 e. The third-order valence-corrected chi connectivity index (χ3v) is 0.516. The van der Waals surface area contributed by atoms with Gasteiger partial charge in [-0.25, -0.2) is 0 Å². The van der Waals surface area contributed by atoms with E-state index in [4.69, 9.17) is 0 Å². The van der Waals surface area contributed by atoms with Crippen LogP contribution in [0.3, 0.4) is 0 Å². The summed E-state index contributed by atoms with van der Waals surface area (Å²) in [5.41, 5.74) is 0. The molecule has 1 nitrogen and oxygen atoms in total. The van der Waals surface area contributed by atoms with Gasteiger partial charge < -0.3 is 5.32 Å². The monoisotopic (exact) mass is 339 g/mol. The summed E-state index contributed by atoms with van der Waals surface area (Å²) in [6, 6.07) is 0.509. The smallest absolute Gasteiger partial charge is 0 e. The van der Waals surface area contributed by atoms with E-state index in [1.165, 1.54) is 0 Å². The second kappa shape index (κ2) is 3.96. The van der Waals surface area contributed by atoms with Gasteiger partial charge in [-0.2, -0.15) is 7.05 Å². The predicted octanol–water partition coefficient (Wildman–Crippen LogP) is 1.40. The molecule has 6 heavy (non-hydrogen) atoms. The molecule has 0 aromatic carbocycles. The molecule has 0 radical (unpaired) electrons. The largest absolute Gasteiger partial charge is 0.663 e. The van der Waals surface area contributed by atoms with E-state index >= 15 is 0 Å². The Bertz CT molecular complexity index is 21.5. The number of hydrogen-bond donors (Lipinski definition) is 0. The predicted molar refractivity (Wildman–Crippen MR) is 24.4 cm³/mol. The van der Waals surface area contributed by atoms with E-state index in [9.17, 15) is 0 Å². The van der Waals surface area contributed by atoms with Crippen molar-refractivity contribution in [3.8, 4) is 0 Å². The van der Waals surface area contributed by atoms with Gasteiger partial charge in [-0.3, -0.25) is 0 Å². The molecule has 0 amide bonds. The zero-order valence-corrected chi connectivity index (χ0v) is 11.1. The van der Waals surface area contributed by atoms with Gasteiger partial charge in [-0.05, 0) is 0 Å². The Morgan fingerprint density at radius 1 is 1.33 bits per heavy atom. The van der Waals surface area contributed by atoms with Gasteiger partial charge in [-0.1, -0.05) is 13.8 Å². The van der Waals surface area contributed by atoms with Gasteiger partial charge >= 0.3 is 0 Å². The molecule has 0 aliphatic carbocycles. The van der Waals surface area contributed by atoms with Crippen molar-refractivity contribution >= 4 is 0 Å². The van der Waals surface area contributed by atoms with Crippen molar-refractivity contribution in [2.24, 2.45) is 0 Å². The van der Waals surface area contributed by atoms with Gasteiger partial charge in [0.2, 0.25) is 0 Å². The second-order valence-corrected chi connectivity index (χ2v) is 1.35. The van der Waals surface area contributed by atoms with Crippen LogP contribution < -0.4 is 0 Å². The van der Waals surface area contributed by atoms with Crippen molar-refractivity contribution in [3.05, 3.63) is 5.32 Å². The molecule has 0 unspecified atom stereocenters. The summed E-state index contributed by atoms with van der Waals surface area (Å²) >= 11 is 0. The van der Waals surface area contributed by atoms with Gasteiger partial charge in [0.15, 0.2) is 0 Å². The van der Waals surface area contributed by atoms with Crippen LogP contribution >= 0.6 is 0 Å². The van der Waals surface area contributed by atoms with E-state index in [1.54, 1.807) is 0 Å². The van der Waals surface area contributed by atoms with E-state index in [0.29, 0.717) is 6.04 Å². The fraction of sp³-hybridized carbons (Fsp3) is 1.00. The Morgan fingerprint density at radius 3 is 1.50 bits per heavy atom. The molecule has 0 aliphatic heterocycles. The first-order chi connectivity index (χ1) is 2.27. The average Bonchev–Trinajstić information content (AvgIpc) is 1.38. The maximum atomic E-state index is 3.89. The van der Waals surface area contributed by atoms with Crippen molar-refractivity contribution in [2.45, 2.75) is 19.9 Å². The third kappa shape index (κ3) is 12.3. The molecular weight excluding hydrogens is 329 g/mol. The third-order valence-electron chi connectivity index (χ3n) is 0.516. The van der Waals surface area contributed by atoms with Crippen LogP contribution in [0.5, 0.6) is 0 Å². The first-order valence-electron chi connectivity index (χ1n) is 1.86. The minimum absolute atomic E-state index is 0. The van der Waals surface area contributed by atoms with Crippen molar-refractivity contribution in [1.82, 2.24) is 0 Å². The topological polar surface area (TPSA) is 14.1 Å². The molecule has 0 saturated heterocycles. The summed E-state index contributed by atoms with van der Waals surface area (Å²) in [6.45, 7) is 4.11. The number of rotatable bonds is 1. The first-order valence-corrected chi connectivity index (χ1v) is 1.86. The molecule has 0 aliphatic rings. The van der Waals surface area contributed by atoms with Crippen LogP contribution in [-0.2, 0) is 0 Å². The summed E-state index contributed by atoms with van der Waals surface area (Å²) in [5.74, 6) is 0. The summed E-state index contributed by atoms with van der Waals surface area (Å²) in [4.78, 5) is 0. The molecule has 0 heterocycles. The fourth-order valence-corrected chi connectivity index (χ4v) is 0. The Balaban J connectivity index is 0. The quantitative estimate of drug-likeness (QED) is 0.686. The summed E-state index contributed by atoms with van der Waals surface area (Å²) in [7, 11) is 1.82. The van der Waals surface area contributed by atoms with E-state index in [0.717, 1.165) is 0 Å².